The number of hydrogen-bond donors (Lipinski definition) is 2. The lowest BCUT2D eigenvalue weighted by molar-refractivity contribution is 0.305. The Morgan fingerprint density at radius 1 is 0.862 bits per heavy atom. The average Bonchev–Trinajstić information content (AvgIpc) is 3.12. The molecule has 1 spiro atoms. The lowest BCUT2D eigenvalue weighted by atomic mass is 9.87. The Bertz CT molecular complexity index is 1130. The van der Waals surface area contributed by atoms with E-state index in [2.05, 4.69) is 15.2 Å². The van der Waals surface area contributed by atoms with E-state index in [1.165, 1.54) is 6.42 Å². The fourth-order valence-corrected chi connectivity index (χ4v) is 4.35. The summed E-state index contributed by atoms with van der Waals surface area (Å²) in [5.74, 6) is 0.610. The number of hydrogen-bond acceptors (Lipinski definition) is 7. The standard InChI is InChI=1S/C20H21ClN8/c21-13-4-6-14(7-5-13)29-26-16-9-8-15(12-17(16)27-29)28-19(23)24-18(22)25-20(28)10-2-1-3-11-20/h4-9,12H,1-3,10-11H2,(H4,22,23,24,25). The quantitative estimate of drug-likeness (QED) is 0.676. The van der Waals surface area contributed by atoms with Gasteiger partial charge in [-0.15, -0.1) is 10.2 Å². The van der Waals surface area contributed by atoms with E-state index in [9.17, 15) is 0 Å². The molecular weight excluding hydrogens is 388 g/mol. The second kappa shape index (κ2) is 6.73. The molecule has 0 radical (unpaired) electrons. The van der Waals surface area contributed by atoms with Gasteiger partial charge in [-0.25, -0.2) is 4.99 Å². The van der Waals surface area contributed by atoms with Gasteiger partial charge < -0.3 is 11.5 Å². The number of benzene rings is 2. The van der Waals surface area contributed by atoms with E-state index in [-0.39, 0.29) is 5.96 Å². The molecule has 1 saturated carbocycles. The van der Waals surface area contributed by atoms with Crippen molar-refractivity contribution in [1.82, 2.24) is 15.0 Å². The maximum Gasteiger partial charge on any atom is 0.220 e. The van der Waals surface area contributed by atoms with Gasteiger partial charge in [0, 0.05) is 10.7 Å². The summed E-state index contributed by atoms with van der Waals surface area (Å²) in [4.78, 5) is 12.6. The van der Waals surface area contributed by atoms with Crippen LogP contribution in [0, 0.1) is 0 Å². The highest BCUT2D eigenvalue weighted by atomic mass is 35.5. The molecule has 0 bridgehead atoms. The van der Waals surface area contributed by atoms with E-state index in [0.29, 0.717) is 11.0 Å². The number of rotatable bonds is 2. The molecule has 8 nitrogen and oxygen atoms in total. The lowest BCUT2D eigenvalue weighted by Crippen LogP contribution is -2.58. The summed E-state index contributed by atoms with van der Waals surface area (Å²) >= 11 is 5.98. The molecule has 0 atom stereocenters. The predicted octanol–water partition coefficient (Wildman–Crippen LogP) is 3.18. The summed E-state index contributed by atoms with van der Waals surface area (Å²) in [5.41, 5.74) is 15.1. The summed E-state index contributed by atoms with van der Waals surface area (Å²) in [5, 5.41) is 9.88. The largest absolute Gasteiger partial charge is 0.369 e. The van der Waals surface area contributed by atoms with Crippen LogP contribution in [0.2, 0.25) is 5.02 Å². The molecule has 1 aliphatic carbocycles. The molecule has 1 aromatic heterocycles. The Balaban J connectivity index is 1.57. The van der Waals surface area contributed by atoms with Gasteiger partial charge in [0.05, 0.1) is 5.69 Å². The van der Waals surface area contributed by atoms with Gasteiger partial charge in [0.2, 0.25) is 11.9 Å². The highest BCUT2D eigenvalue weighted by Gasteiger charge is 2.42. The zero-order valence-corrected chi connectivity index (χ0v) is 16.5. The Kier molecular flexibility index (Phi) is 4.16. The van der Waals surface area contributed by atoms with Crippen molar-refractivity contribution in [1.29, 1.82) is 0 Å². The molecule has 0 amide bonds. The summed E-state index contributed by atoms with van der Waals surface area (Å²) in [6.45, 7) is 0. The number of nitrogens with zero attached hydrogens (tertiary/aromatic N) is 6. The summed E-state index contributed by atoms with van der Waals surface area (Å²) in [6, 6.07) is 13.3. The second-order valence-corrected chi connectivity index (χ2v) is 7.89. The number of guanidine groups is 2. The van der Waals surface area contributed by atoms with E-state index in [0.717, 1.165) is 48.1 Å². The van der Waals surface area contributed by atoms with E-state index in [4.69, 9.17) is 28.1 Å². The van der Waals surface area contributed by atoms with Gasteiger partial charge >= 0.3 is 0 Å². The number of aliphatic imine (C=N–C) groups is 2. The van der Waals surface area contributed by atoms with Gasteiger partial charge in [-0.1, -0.05) is 18.0 Å². The SMILES string of the molecule is NC1=NC2(CCCCC2)N(c2ccc3nn(-c4ccc(Cl)cc4)nc3c2)C(N)=N1. The van der Waals surface area contributed by atoms with Crippen molar-refractivity contribution in [2.24, 2.45) is 21.5 Å². The van der Waals surface area contributed by atoms with Gasteiger partial charge in [-0.05, 0) is 68.1 Å². The summed E-state index contributed by atoms with van der Waals surface area (Å²) in [6.07, 6.45) is 5.13. The third-order valence-corrected chi connectivity index (χ3v) is 5.78. The summed E-state index contributed by atoms with van der Waals surface area (Å²) in [7, 11) is 0. The molecule has 148 valence electrons. The van der Waals surface area contributed by atoms with Gasteiger partial charge in [0.25, 0.3) is 0 Å². The van der Waals surface area contributed by atoms with Crippen LogP contribution in [0.1, 0.15) is 32.1 Å². The van der Waals surface area contributed by atoms with Crippen molar-refractivity contribution in [3.05, 3.63) is 47.5 Å². The third-order valence-electron chi connectivity index (χ3n) is 5.53. The Morgan fingerprint density at radius 3 is 2.31 bits per heavy atom. The molecule has 1 aliphatic heterocycles. The maximum absolute atomic E-state index is 6.32. The fraction of sp³-hybridized carbons (Fsp3) is 0.300. The first-order valence-electron chi connectivity index (χ1n) is 9.67. The van der Waals surface area contributed by atoms with Crippen LogP contribution in [0.4, 0.5) is 5.69 Å². The van der Waals surface area contributed by atoms with Crippen molar-refractivity contribution >= 4 is 40.2 Å². The van der Waals surface area contributed by atoms with Crippen LogP contribution in [0.5, 0.6) is 0 Å². The minimum absolute atomic E-state index is 0.246. The first kappa shape index (κ1) is 17.9. The molecule has 5 rings (SSSR count). The molecule has 29 heavy (non-hydrogen) atoms. The van der Waals surface area contributed by atoms with Gasteiger partial charge in [0.1, 0.15) is 16.7 Å². The first-order chi connectivity index (χ1) is 14.0. The van der Waals surface area contributed by atoms with Crippen molar-refractivity contribution in [2.75, 3.05) is 4.90 Å². The second-order valence-electron chi connectivity index (χ2n) is 7.46. The maximum atomic E-state index is 6.32. The van der Waals surface area contributed by atoms with E-state index >= 15 is 0 Å². The lowest BCUT2D eigenvalue weighted by Gasteiger charge is -2.45. The molecule has 1 fully saturated rings. The van der Waals surface area contributed by atoms with E-state index in [1.807, 2.05) is 47.4 Å². The topological polar surface area (TPSA) is 111 Å². The zero-order chi connectivity index (χ0) is 20.0. The Morgan fingerprint density at radius 2 is 1.55 bits per heavy atom. The number of halogens is 1. The molecule has 3 aromatic rings. The minimum atomic E-state index is -0.478. The number of nitrogens with two attached hydrogens (primary N) is 2. The smallest absolute Gasteiger partial charge is 0.220 e. The highest BCUT2D eigenvalue weighted by Crippen LogP contribution is 2.39. The molecular formula is C20H21ClN8. The van der Waals surface area contributed by atoms with Crippen LogP contribution in [-0.4, -0.2) is 32.6 Å². The zero-order valence-electron chi connectivity index (χ0n) is 15.8. The van der Waals surface area contributed by atoms with Crippen molar-refractivity contribution < 1.29 is 0 Å². The number of aromatic nitrogens is 3. The monoisotopic (exact) mass is 408 g/mol. The Labute approximate surface area is 172 Å². The van der Waals surface area contributed by atoms with Crippen LogP contribution in [0.15, 0.2) is 52.4 Å². The predicted molar refractivity (Wildman–Crippen MR) is 115 cm³/mol. The van der Waals surface area contributed by atoms with Gasteiger partial charge in [0.15, 0.2) is 0 Å². The van der Waals surface area contributed by atoms with E-state index in [1.54, 1.807) is 4.80 Å². The fourth-order valence-electron chi connectivity index (χ4n) is 4.23. The van der Waals surface area contributed by atoms with Crippen molar-refractivity contribution in [3.8, 4) is 5.69 Å². The van der Waals surface area contributed by atoms with E-state index < -0.39 is 5.66 Å². The molecule has 2 aromatic carbocycles. The average molecular weight is 409 g/mol. The normalized spacial score (nSPS) is 18.7. The molecule has 2 heterocycles. The van der Waals surface area contributed by atoms with Crippen LogP contribution in [0.3, 0.4) is 0 Å². The van der Waals surface area contributed by atoms with Gasteiger partial charge in [-0.3, -0.25) is 4.90 Å². The Hall–Kier alpha value is -3.13. The van der Waals surface area contributed by atoms with Crippen molar-refractivity contribution in [2.45, 2.75) is 37.8 Å². The third kappa shape index (κ3) is 3.09. The van der Waals surface area contributed by atoms with Crippen LogP contribution < -0.4 is 16.4 Å². The van der Waals surface area contributed by atoms with Gasteiger partial charge in [-0.2, -0.15) is 9.79 Å². The summed E-state index contributed by atoms with van der Waals surface area (Å²) < 4.78 is 0. The highest BCUT2D eigenvalue weighted by molar-refractivity contribution is 6.30. The first-order valence-corrected chi connectivity index (χ1v) is 10.0. The number of fused-ring (bicyclic) bond motifs is 1. The molecule has 2 aliphatic rings. The molecule has 0 unspecified atom stereocenters. The van der Waals surface area contributed by atoms with Crippen LogP contribution in [0.25, 0.3) is 16.7 Å². The molecule has 9 heteroatoms. The number of anilines is 1. The van der Waals surface area contributed by atoms with Crippen molar-refractivity contribution in [3.63, 3.8) is 0 Å². The van der Waals surface area contributed by atoms with Crippen LogP contribution in [-0.2, 0) is 0 Å². The van der Waals surface area contributed by atoms with Crippen LogP contribution >= 0.6 is 11.6 Å². The molecule has 0 saturated heterocycles. The minimum Gasteiger partial charge on any atom is -0.369 e. The molecule has 4 N–H and O–H groups in total.